The van der Waals surface area contributed by atoms with Gasteiger partial charge >= 0.3 is 6.36 Å². The Morgan fingerprint density at radius 3 is 2.63 bits per heavy atom. The molecule has 2 aromatic heterocycles. The Morgan fingerprint density at radius 1 is 1.17 bits per heavy atom. The lowest BCUT2D eigenvalue weighted by molar-refractivity contribution is -0.274. The van der Waals surface area contributed by atoms with Gasteiger partial charge in [-0.15, -0.1) is 24.5 Å². The molecule has 0 radical (unpaired) electrons. The molecular weight excluding hydrogens is 484 g/mol. The number of aryl methyl sites for hydroxylation is 1. The third kappa shape index (κ3) is 4.36. The molecule has 6 nitrogen and oxygen atoms in total. The fourth-order valence-corrected chi connectivity index (χ4v) is 5.39. The van der Waals surface area contributed by atoms with Gasteiger partial charge in [-0.3, -0.25) is 4.79 Å². The number of nitrogens with zero attached hydrogens (tertiary/aromatic N) is 3. The Balaban J connectivity index is 1.50. The number of thiazole rings is 1. The number of halogens is 4. The van der Waals surface area contributed by atoms with Gasteiger partial charge in [-0.25, -0.2) is 14.4 Å². The lowest BCUT2D eigenvalue weighted by atomic mass is 9.97. The second kappa shape index (κ2) is 8.33. The fraction of sp³-hybridized carbons (Fsp3) is 0.292. The summed E-state index contributed by atoms with van der Waals surface area (Å²) in [5, 5.41) is 0.703. The topological polar surface area (TPSA) is 71.1 Å². The summed E-state index contributed by atoms with van der Waals surface area (Å²) in [6.45, 7) is 4.14. The molecule has 0 saturated carbocycles. The summed E-state index contributed by atoms with van der Waals surface area (Å²) in [5.41, 5.74) is 0.996. The molecule has 11 heteroatoms. The van der Waals surface area contributed by atoms with E-state index in [1.807, 2.05) is 6.92 Å². The number of hydrogen-bond acceptors (Lipinski definition) is 5. The van der Waals surface area contributed by atoms with E-state index in [4.69, 9.17) is 0 Å². The molecule has 1 N–H and O–H groups in total. The molecule has 1 unspecified atom stereocenters. The number of imidazole rings is 1. The van der Waals surface area contributed by atoms with Crippen LogP contribution in [0.2, 0.25) is 0 Å². The highest BCUT2D eigenvalue weighted by atomic mass is 32.1. The first-order valence-corrected chi connectivity index (χ1v) is 11.7. The number of amides is 1. The Bertz CT molecular complexity index is 1410. The van der Waals surface area contributed by atoms with Gasteiger partial charge in [0, 0.05) is 12.6 Å². The van der Waals surface area contributed by atoms with Gasteiger partial charge in [-0.1, -0.05) is 12.1 Å². The first kappa shape index (κ1) is 23.3. The lowest BCUT2D eigenvalue weighted by Gasteiger charge is -2.33. The second-order valence-corrected chi connectivity index (χ2v) is 9.77. The van der Waals surface area contributed by atoms with Crippen molar-refractivity contribution in [2.75, 3.05) is 6.54 Å². The van der Waals surface area contributed by atoms with Crippen LogP contribution in [-0.4, -0.2) is 38.7 Å². The van der Waals surface area contributed by atoms with Crippen molar-refractivity contribution in [3.05, 3.63) is 64.8 Å². The zero-order valence-electron chi connectivity index (χ0n) is 18.7. The van der Waals surface area contributed by atoms with Gasteiger partial charge in [0.05, 0.1) is 26.5 Å². The smallest absolute Gasteiger partial charge is 0.406 e. The Labute approximate surface area is 201 Å². The molecule has 1 fully saturated rings. The molecule has 0 bridgehead atoms. The molecule has 1 atom stereocenters. The van der Waals surface area contributed by atoms with E-state index in [-0.39, 0.29) is 23.2 Å². The van der Waals surface area contributed by atoms with Crippen molar-refractivity contribution in [2.24, 2.45) is 0 Å². The van der Waals surface area contributed by atoms with Gasteiger partial charge in [0.1, 0.15) is 23.1 Å². The summed E-state index contributed by atoms with van der Waals surface area (Å²) in [5.74, 6) is -0.539. The summed E-state index contributed by atoms with van der Waals surface area (Å²) in [6.07, 6.45) is -3.47. The highest BCUT2D eigenvalue weighted by molar-refractivity contribution is 7.15. The van der Waals surface area contributed by atoms with Crippen molar-refractivity contribution in [1.29, 1.82) is 0 Å². The van der Waals surface area contributed by atoms with E-state index in [2.05, 4.69) is 19.7 Å². The molecule has 1 aliphatic heterocycles. The number of nitrogens with one attached hydrogen (secondary N) is 1. The van der Waals surface area contributed by atoms with Gasteiger partial charge in [0.15, 0.2) is 0 Å². The van der Waals surface area contributed by atoms with Crippen LogP contribution in [0.3, 0.4) is 0 Å². The van der Waals surface area contributed by atoms with Crippen molar-refractivity contribution >= 4 is 28.3 Å². The number of fused-ring (bicyclic) bond motifs is 1. The molecule has 1 amide bonds. The quantitative estimate of drug-likeness (QED) is 0.337. The highest BCUT2D eigenvalue weighted by Gasteiger charge is 2.45. The summed E-state index contributed by atoms with van der Waals surface area (Å²) >= 11 is 1.36. The van der Waals surface area contributed by atoms with Crippen LogP contribution < -0.4 is 4.74 Å². The summed E-state index contributed by atoms with van der Waals surface area (Å²) in [4.78, 5) is 28.2. The Morgan fingerprint density at radius 2 is 1.91 bits per heavy atom. The van der Waals surface area contributed by atoms with Crippen LogP contribution in [0, 0.1) is 12.7 Å². The van der Waals surface area contributed by atoms with Crippen molar-refractivity contribution < 1.29 is 27.1 Å². The molecule has 1 saturated heterocycles. The zero-order chi connectivity index (χ0) is 25.0. The number of carbonyl (C=O) groups is 1. The predicted octanol–water partition coefficient (Wildman–Crippen LogP) is 6.18. The normalized spacial score (nSPS) is 18.4. The molecule has 182 valence electrons. The van der Waals surface area contributed by atoms with Gasteiger partial charge in [-0.2, -0.15) is 0 Å². The highest BCUT2D eigenvalue weighted by Crippen LogP contribution is 2.41. The average Bonchev–Trinajstić information content (AvgIpc) is 3.49. The monoisotopic (exact) mass is 504 g/mol. The van der Waals surface area contributed by atoms with Crippen LogP contribution in [0.4, 0.5) is 17.6 Å². The summed E-state index contributed by atoms with van der Waals surface area (Å²) in [6, 6.07) is 9.78. The number of benzene rings is 2. The Kier molecular flexibility index (Phi) is 5.54. The standard InChI is InChI=1S/C24H20F4N4O2S/c1-13-29-19(20(35-13)14-4-6-15(25)7-5-14)21(33)32-11-3-10-23(32,2)22-30-17-9-8-16(12-18(17)31-22)34-24(26,27)28/h4-9,12H,3,10-11H2,1-2H3,(H,30,31). The average molecular weight is 505 g/mol. The van der Waals surface area contributed by atoms with Crippen molar-refractivity contribution in [3.63, 3.8) is 0 Å². The van der Waals surface area contributed by atoms with E-state index in [0.29, 0.717) is 45.3 Å². The largest absolute Gasteiger partial charge is 0.573 e. The van der Waals surface area contributed by atoms with Gasteiger partial charge < -0.3 is 14.6 Å². The van der Waals surface area contributed by atoms with Crippen LogP contribution in [0.5, 0.6) is 5.75 Å². The van der Waals surface area contributed by atoms with E-state index in [1.54, 1.807) is 24.0 Å². The number of H-pyrrole nitrogens is 1. The number of ether oxygens (including phenoxy) is 1. The first-order chi connectivity index (χ1) is 16.5. The molecule has 3 heterocycles. The van der Waals surface area contributed by atoms with Crippen LogP contribution in [-0.2, 0) is 5.54 Å². The molecule has 35 heavy (non-hydrogen) atoms. The van der Waals surface area contributed by atoms with Gasteiger partial charge in [-0.05, 0) is 56.5 Å². The molecule has 4 aromatic rings. The number of alkyl halides is 3. The maximum absolute atomic E-state index is 13.7. The number of carbonyl (C=O) groups excluding carboxylic acids is 1. The van der Waals surface area contributed by atoms with E-state index < -0.39 is 11.9 Å². The van der Waals surface area contributed by atoms with Crippen LogP contribution in [0.1, 0.15) is 41.1 Å². The fourth-order valence-electron chi connectivity index (χ4n) is 4.47. The lowest BCUT2D eigenvalue weighted by Crippen LogP contribution is -2.44. The van der Waals surface area contributed by atoms with E-state index >= 15 is 0 Å². The predicted molar refractivity (Wildman–Crippen MR) is 123 cm³/mol. The number of likely N-dealkylation sites (tertiary alicyclic amines) is 1. The van der Waals surface area contributed by atoms with Gasteiger partial charge in [0.25, 0.3) is 5.91 Å². The summed E-state index contributed by atoms with van der Waals surface area (Å²) in [7, 11) is 0. The van der Waals surface area contributed by atoms with Crippen LogP contribution in [0.15, 0.2) is 42.5 Å². The number of aromatic nitrogens is 3. The number of hydrogen-bond donors (Lipinski definition) is 1. The van der Waals surface area contributed by atoms with E-state index in [0.717, 1.165) is 6.42 Å². The minimum absolute atomic E-state index is 0.282. The van der Waals surface area contributed by atoms with Crippen molar-refractivity contribution in [1.82, 2.24) is 19.9 Å². The number of aromatic amines is 1. The van der Waals surface area contributed by atoms with E-state index in [1.165, 1.54) is 41.7 Å². The van der Waals surface area contributed by atoms with Crippen LogP contribution >= 0.6 is 11.3 Å². The third-order valence-corrected chi connectivity index (χ3v) is 7.15. The summed E-state index contributed by atoms with van der Waals surface area (Å²) < 4.78 is 55.3. The zero-order valence-corrected chi connectivity index (χ0v) is 19.6. The maximum atomic E-state index is 13.7. The molecule has 1 aliphatic rings. The van der Waals surface area contributed by atoms with Crippen molar-refractivity contribution in [2.45, 2.75) is 38.6 Å². The first-order valence-electron chi connectivity index (χ1n) is 10.8. The molecule has 0 spiro atoms. The maximum Gasteiger partial charge on any atom is 0.573 e. The molecular formula is C24H20F4N4O2S. The minimum atomic E-state index is -4.80. The SMILES string of the molecule is Cc1nc(C(=O)N2CCCC2(C)c2nc3ccc(OC(F)(F)F)cc3[nH]2)c(-c2ccc(F)cc2)s1. The number of rotatable bonds is 4. The minimum Gasteiger partial charge on any atom is -0.406 e. The molecule has 0 aliphatic carbocycles. The van der Waals surface area contributed by atoms with Crippen molar-refractivity contribution in [3.8, 4) is 16.2 Å². The molecule has 5 rings (SSSR count). The van der Waals surface area contributed by atoms with Crippen LogP contribution in [0.25, 0.3) is 21.5 Å². The van der Waals surface area contributed by atoms with Gasteiger partial charge in [0.2, 0.25) is 0 Å². The molecule has 2 aromatic carbocycles. The Hall–Kier alpha value is -3.47. The van der Waals surface area contributed by atoms with E-state index in [9.17, 15) is 22.4 Å². The third-order valence-electron chi connectivity index (χ3n) is 6.13. The second-order valence-electron chi connectivity index (χ2n) is 8.56.